The van der Waals surface area contributed by atoms with Crippen LogP contribution in [-0.4, -0.2) is 20.8 Å². The highest BCUT2D eigenvalue weighted by Crippen LogP contribution is 2.20. The van der Waals surface area contributed by atoms with E-state index in [0.717, 1.165) is 5.69 Å². The molecule has 19 heavy (non-hydrogen) atoms. The Balaban J connectivity index is 2.12. The van der Waals surface area contributed by atoms with Crippen molar-refractivity contribution in [2.24, 2.45) is 0 Å². The summed E-state index contributed by atoms with van der Waals surface area (Å²) >= 11 is 6.03. The van der Waals surface area contributed by atoms with E-state index < -0.39 is 0 Å². The van der Waals surface area contributed by atoms with Gasteiger partial charge in [-0.15, -0.1) is 0 Å². The van der Waals surface area contributed by atoms with Gasteiger partial charge in [0.25, 0.3) is 0 Å². The van der Waals surface area contributed by atoms with E-state index in [-0.39, 0.29) is 12.5 Å². The van der Waals surface area contributed by atoms with Crippen LogP contribution in [0.5, 0.6) is 0 Å². The molecule has 0 spiro atoms. The van der Waals surface area contributed by atoms with Gasteiger partial charge in [-0.25, -0.2) is 0 Å². The average molecular weight is 283 g/mol. The molecule has 1 N–H and O–H groups in total. The van der Waals surface area contributed by atoms with Crippen LogP contribution in [0.25, 0.3) is 0 Å². The molecule has 0 radical (unpaired) electrons. The van der Waals surface area contributed by atoms with Crippen LogP contribution in [-0.2, 0) is 11.3 Å². The second-order valence-corrected chi connectivity index (χ2v) is 4.77. The fourth-order valence-corrected chi connectivity index (χ4v) is 1.94. The van der Waals surface area contributed by atoms with Crippen molar-refractivity contribution in [3.63, 3.8) is 0 Å². The van der Waals surface area contributed by atoms with Gasteiger partial charge >= 0.3 is 0 Å². The highest BCUT2D eigenvalue weighted by Gasteiger charge is 2.15. The predicted octanol–water partition coefficient (Wildman–Crippen LogP) is 2.40. The third-order valence-corrected chi connectivity index (χ3v) is 3.43. The Morgan fingerprint density at radius 1 is 1.32 bits per heavy atom. The summed E-state index contributed by atoms with van der Waals surface area (Å²) in [5.74, 6) is 0.383. The summed E-state index contributed by atoms with van der Waals surface area (Å²) in [4.78, 5) is 12.0. The Bertz CT molecular complexity index is 610. The lowest BCUT2D eigenvalue weighted by molar-refractivity contribution is -0.117. The van der Waals surface area contributed by atoms with Crippen LogP contribution in [0.3, 0.4) is 0 Å². The van der Waals surface area contributed by atoms with Gasteiger partial charge in [-0.1, -0.05) is 16.8 Å². The quantitative estimate of drug-likeness (QED) is 0.938. The molecule has 0 aromatic carbocycles. The number of hydrogen-bond donors (Lipinski definition) is 1. The molecule has 0 atom stereocenters. The van der Waals surface area contributed by atoms with Gasteiger partial charge in [-0.3, -0.25) is 9.48 Å². The molecule has 2 aromatic rings. The zero-order valence-corrected chi connectivity index (χ0v) is 12.0. The summed E-state index contributed by atoms with van der Waals surface area (Å²) in [5, 5.41) is 11.3. The molecule has 2 rings (SSSR count). The highest BCUT2D eigenvalue weighted by atomic mass is 35.5. The van der Waals surface area contributed by atoms with Crippen LogP contribution in [0, 0.1) is 27.7 Å². The molecule has 1 amide bonds. The van der Waals surface area contributed by atoms with Crippen molar-refractivity contribution in [1.29, 1.82) is 0 Å². The van der Waals surface area contributed by atoms with Crippen molar-refractivity contribution in [3.8, 4) is 0 Å². The minimum Gasteiger partial charge on any atom is -0.359 e. The maximum Gasteiger partial charge on any atom is 0.246 e. The number of halogens is 1. The van der Waals surface area contributed by atoms with Crippen molar-refractivity contribution >= 4 is 23.2 Å². The summed E-state index contributed by atoms with van der Waals surface area (Å²) in [6.45, 7) is 7.25. The van der Waals surface area contributed by atoms with E-state index in [2.05, 4.69) is 15.6 Å². The van der Waals surface area contributed by atoms with Gasteiger partial charge in [0.1, 0.15) is 17.9 Å². The summed E-state index contributed by atoms with van der Waals surface area (Å²) in [7, 11) is 0. The van der Waals surface area contributed by atoms with Crippen LogP contribution in [0.2, 0.25) is 5.02 Å². The maximum absolute atomic E-state index is 12.0. The van der Waals surface area contributed by atoms with Gasteiger partial charge in [-0.2, -0.15) is 5.10 Å². The second-order valence-electron chi connectivity index (χ2n) is 4.39. The summed E-state index contributed by atoms with van der Waals surface area (Å²) in [5.41, 5.74) is 2.74. The molecule has 102 valence electrons. The van der Waals surface area contributed by atoms with E-state index in [1.54, 1.807) is 25.5 Å². The number of aromatic nitrogens is 3. The molecule has 0 aliphatic rings. The fourth-order valence-electron chi connectivity index (χ4n) is 1.81. The first kappa shape index (κ1) is 13.6. The fraction of sp³-hybridized carbons (Fsp3) is 0.417. The number of nitrogens with one attached hydrogen (secondary N) is 1. The zero-order valence-electron chi connectivity index (χ0n) is 11.2. The van der Waals surface area contributed by atoms with Crippen molar-refractivity contribution in [2.75, 3.05) is 5.32 Å². The molecule has 0 aliphatic carbocycles. The van der Waals surface area contributed by atoms with E-state index in [1.165, 1.54) is 0 Å². The molecule has 2 heterocycles. The molecule has 7 heteroatoms. The monoisotopic (exact) mass is 282 g/mol. The van der Waals surface area contributed by atoms with Crippen LogP contribution in [0.1, 0.15) is 22.8 Å². The summed E-state index contributed by atoms with van der Waals surface area (Å²) in [6.07, 6.45) is 0. The lowest BCUT2D eigenvalue weighted by Crippen LogP contribution is -2.20. The Labute approximate surface area is 115 Å². The third kappa shape index (κ3) is 2.63. The van der Waals surface area contributed by atoms with Crippen molar-refractivity contribution in [3.05, 3.63) is 27.9 Å². The molecular formula is C12H15ClN4O2. The van der Waals surface area contributed by atoms with Gasteiger partial charge in [-0.05, 0) is 27.7 Å². The minimum atomic E-state index is -0.198. The molecule has 0 fully saturated rings. The number of carbonyl (C=O) groups is 1. The Kier molecular flexibility index (Phi) is 3.61. The molecular weight excluding hydrogens is 268 g/mol. The smallest absolute Gasteiger partial charge is 0.246 e. The second kappa shape index (κ2) is 5.05. The molecule has 0 saturated carbocycles. The SMILES string of the molecule is Cc1nn(CC(=O)Nc2c(C)noc2C)c(C)c1Cl. The largest absolute Gasteiger partial charge is 0.359 e. The van der Waals surface area contributed by atoms with E-state index in [1.807, 2.05) is 6.92 Å². The van der Waals surface area contributed by atoms with Crippen molar-refractivity contribution in [1.82, 2.24) is 14.9 Å². The van der Waals surface area contributed by atoms with Crippen LogP contribution in [0.4, 0.5) is 5.69 Å². The van der Waals surface area contributed by atoms with Crippen LogP contribution < -0.4 is 5.32 Å². The van der Waals surface area contributed by atoms with Gasteiger partial charge < -0.3 is 9.84 Å². The van der Waals surface area contributed by atoms with E-state index in [0.29, 0.717) is 27.9 Å². The average Bonchev–Trinajstić information content (AvgIpc) is 2.78. The predicted molar refractivity (Wildman–Crippen MR) is 71.3 cm³/mol. The van der Waals surface area contributed by atoms with Gasteiger partial charge in [0, 0.05) is 0 Å². The van der Waals surface area contributed by atoms with Gasteiger partial charge in [0.15, 0.2) is 5.76 Å². The van der Waals surface area contributed by atoms with Crippen molar-refractivity contribution in [2.45, 2.75) is 34.2 Å². The maximum atomic E-state index is 12.0. The third-order valence-electron chi connectivity index (χ3n) is 2.88. The van der Waals surface area contributed by atoms with E-state index in [9.17, 15) is 4.79 Å². The van der Waals surface area contributed by atoms with Gasteiger partial charge in [0.2, 0.25) is 5.91 Å². The standard InChI is InChI=1S/C12H15ClN4O2/c1-6-11(13)8(3)17(15-6)5-10(18)14-12-7(2)16-19-9(12)4/h5H2,1-4H3,(H,14,18). The van der Waals surface area contributed by atoms with Crippen LogP contribution >= 0.6 is 11.6 Å². The van der Waals surface area contributed by atoms with Gasteiger partial charge in [0.05, 0.1) is 16.4 Å². The number of carbonyl (C=O) groups excluding carboxylic acids is 1. The van der Waals surface area contributed by atoms with E-state index in [4.69, 9.17) is 16.1 Å². The molecule has 0 unspecified atom stereocenters. The van der Waals surface area contributed by atoms with Crippen LogP contribution in [0.15, 0.2) is 4.52 Å². The lowest BCUT2D eigenvalue weighted by atomic mass is 10.3. The molecule has 0 bridgehead atoms. The number of aryl methyl sites for hydroxylation is 3. The lowest BCUT2D eigenvalue weighted by Gasteiger charge is -2.06. The number of rotatable bonds is 3. The Morgan fingerprint density at radius 3 is 2.47 bits per heavy atom. The topological polar surface area (TPSA) is 73.0 Å². The number of nitrogens with zero attached hydrogens (tertiary/aromatic N) is 3. The molecule has 0 saturated heterocycles. The normalized spacial score (nSPS) is 10.8. The number of anilines is 1. The number of amides is 1. The first-order chi connectivity index (χ1) is 8.90. The Hall–Kier alpha value is -1.82. The first-order valence-electron chi connectivity index (χ1n) is 5.82. The summed E-state index contributed by atoms with van der Waals surface area (Å²) in [6, 6.07) is 0. The van der Waals surface area contributed by atoms with Crippen molar-refractivity contribution < 1.29 is 9.32 Å². The minimum absolute atomic E-state index is 0.101. The highest BCUT2D eigenvalue weighted by molar-refractivity contribution is 6.31. The summed E-state index contributed by atoms with van der Waals surface area (Å²) < 4.78 is 6.56. The number of hydrogen-bond acceptors (Lipinski definition) is 4. The molecule has 6 nitrogen and oxygen atoms in total. The first-order valence-corrected chi connectivity index (χ1v) is 6.20. The Morgan fingerprint density at radius 2 is 2.00 bits per heavy atom. The molecule has 2 aromatic heterocycles. The van der Waals surface area contributed by atoms with E-state index >= 15 is 0 Å². The molecule has 0 aliphatic heterocycles. The zero-order chi connectivity index (χ0) is 14.2.